The van der Waals surface area contributed by atoms with Gasteiger partial charge in [-0.2, -0.15) is 0 Å². The minimum absolute atomic E-state index is 0.0934. The highest BCUT2D eigenvalue weighted by atomic mass is 16.5. The van der Waals surface area contributed by atoms with Crippen molar-refractivity contribution in [3.63, 3.8) is 0 Å². The van der Waals surface area contributed by atoms with Crippen molar-refractivity contribution in [3.05, 3.63) is 54.2 Å². The van der Waals surface area contributed by atoms with Crippen molar-refractivity contribution in [3.8, 4) is 11.5 Å². The van der Waals surface area contributed by atoms with Gasteiger partial charge in [0.25, 0.3) is 0 Å². The third-order valence-corrected chi connectivity index (χ3v) is 4.78. The van der Waals surface area contributed by atoms with Gasteiger partial charge in [0.1, 0.15) is 6.54 Å². The number of nitrogens with zero attached hydrogens (tertiary/aromatic N) is 1. The number of fused-ring (bicyclic) bond motifs is 1. The second-order valence-corrected chi connectivity index (χ2v) is 6.89. The lowest BCUT2D eigenvalue weighted by Gasteiger charge is -2.14. The van der Waals surface area contributed by atoms with Gasteiger partial charge in [0, 0.05) is 28.7 Å². The van der Waals surface area contributed by atoms with E-state index in [1.54, 1.807) is 31.0 Å². The molecule has 3 aromatic rings. The number of carbonyl (C=O) groups excluding carboxylic acids is 1. The Morgan fingerprint density at radius 2 is 1.83 bits per heavy atom. The standard InChI is InChI=1S/C22H24N2O5/c1-14(10-15-4-7-19(28-2)20(11-15)29-3)22(27)23-17-5-6-18-16(12-17)8-9-24(18)13-21(25)26/h4-9,11-12,14H,10,13H2,1-3H3,(H,23,27)(H,25,26). The van der Waals surface area contributed by atoms with Crippen LogP contribution in [-0.2, 0) is 22.6 Å². The molecule has 0 aliphatic heterocycles. The van der Waals surface area contributed by atoms with Gasteiger partial charge in [-0.05, 0) is 48.4 Å². The lowest BCUT2D eigenvalue weighted by Crippen LogP contribution is -2.22. The first kappa shape index (κ1) is 20.3. The third kappa shape index (κ3) is 4.68. The molecule has 0 saturated heterocycles. The summed E-state index contributed by atoms with van der Waals surface area (Å²) in [6, 6.07) is 12.9. The van der Waals surface area contributed by atoms with Crippen molar-refractivity contribution in [2.24, 2.45) is 5.92 Å². The maximum absolute atomic E-state index is 12.6. The molecule has 29 heavy (non-hydrogen) atoms. The summed E-state index contributed by atoms with van der Waals surface area (Å²) < 4.78 is 12.2. The molecule has 3 rings (SSSR count). The van der Waals surface area contributed by atoms with E-state index in [1.165, 1.54) is 0 Å². The number of ether oxygens (including phenoxy) is 2. The van der Waals surface area contributed by atoms with Crippen LogP contribution in [0.2, 0.25) is 0 Å². The quantitative estimate of drug-likeness (QED) is 0.608. The molecule has 1 atom stereocenters. The van der Waals surface area contributed by atoms with Gasteiger partial charge in [-0.1, -0.05) is 13.0 Å². The molecule has 1 amide bonds. The van der Waals surface area contributed by atoms with Crippen molar-refractivity contribution in [1.29, 1.82) is 0 Å². The predicted octanol–water partition coefficient (Wildman–Crippen LogP) is 3.56. The van der Waals surface area contributed by atoms with Gasteiger partial charge in [0.2, 0.25) is 5.91 Å². The molecule has 1 unspecified atom stereocenters. The summed E-state index contributed by atoms with van der Waals surface area (Å²) >= 11 is 0. The molecule has 2 N–H and O–H groups in total. The van der Waals surface area contributed by atoms with E-state index >= 15 is 0 Å². The summed E-state index contributed by atoms with van der Waals surface area (Å²) in [5, 5.41) is 12.8. The van der Waals surface area contributed by atoms with Gasteiger partial charge in [-0.3, -0.25) is 9.59 Å². The van der Waals surface area contributed by atoms with Crippen LogP contribution in [0.25, 0.3) is 10.9 Å². The van der Waals surface area contributed by atoms with E-state index in [2.05, 4.69) is 5.32 Å². The number of carboxylic acids is 1. The van der Waals surface area contributed by atoms with Crippen molar-refractivity contribution in [1.82, 2.24) is 4.57 Å². The molecule has 152 valence electrons. The first-order valence-electron chi connectivity index (χ1n) is 9.23. The fourth-order valence-electron chi connectivity index (χ4n) is 3.28. The maximum Gasteiger partial charge on any atom is 0.323 e. The van der Waals surface area contributed by atoms with E-state index in [0.29, 0.717) is 23.6 Å². The number of anilines is 1. The third-order valence-electron chi connectivity index (χ3n) is 4.78. The smallest absolute Gasteiger partial charge is 0.323 e. The predicted molar refractivity (Wildman–Crippen MR) is 111 cm³/mol. The SMILES string of the molecule is COc1ccc(CC(C)C(=O)Nc2ccc3c(ccn3CC(=O)O)c2)cc1OC. The number of methoxy groups -OCH3 is 2. The molecule has 7 heteroatoms. The van der Waals surface area contributed by atoms with Crippen molar-refractivity contribution in [2.45, 2.75) is 19.9 Å². The number of hydrogen-bond acceptors (Lipinski definition) is 4. The summed E-state index contributed by atoms with van der Waals surface area (Å²) in [5.41, 5.74) is 2.46. The topological polar surface area (TPSA) is 89.8 Å². The molecule has 1 aromatic heterocycles. The minimum atomic E-state index is -0.899. The largest absolute Gasteiger partial charge is 0.493 e. The Balaban J connectivity index is 1.68. The van der Waals surface area contributed by atoms with Gasteiger partial charge >= 0.3 is 5.97 Å². The summed E-state index contributed by atoms with van der Waals surface area (Å²) in [7, 11) is 3.16. The molecule has 0 fully saturated rings. The normalized spacial score (nSPS) is 11.8. The monoisotopic (exact) mass is 396 g/mol. The van der Waals surface area contributed by atoms with Gasteiger partial charge in [0.15, 0.2) is 11.5 Å². The van der Waals surface area contributed by atoms with Crippen LogP contribution in [-0.4, -0.2) is 35.8 Å². The summed E-state index contributed by atoms with van der Waals surface area (Å²) in [5.74, 6) is 0.0406. The molecule has 0 aliphatic rings. The fraction of sp³-hybridized carbons (Fsp3) is 0.273. The fourth-order valence-corrected chi connectivity index (χ4v) is 3.28. The number of amides is 1. The average Bonchev–Trinajstić information content (AvgIpc) is 3.09. The molecular weight excluding hydrogens is 372 g/mol. The van der Waals surface area contributed by atoms with Gasteiger partial charge < -0.3 is 24.5 Å². The van der Waals surface area contributed by atoms with E-state index in [4.69, 9.17) is 14.6 Å². The molecule has 0 aliphatic carbocycles. The first-order valence-corrected chi connectivity index (χ1v) is 9.23. The van der Waals surface area contributed by atoms with Gasteiger partial charge in [0.05, 0.1) is 14.2 Å². The minimum Gasteiger partial charge on any atom is -0.493 e. The summed E-state index contributed by atoms with van der Waals surface area (Å²) in [6.45, 7) is 1.77. The number of aromatic nitrogens is 1. The number of nitrogens with one attached hydrogen (secondary N) is 1. The molecule has 0 spiro atoms. The summed E-state index contributed by atoms with van der Waals surface area (Å²) in [4.78, 5) is 23.6. The number of benzene rings is 2. The Morgan fingerprint density at radius 1 is 1.07 bits per heavy atom. The number of aliphatic carboxylic acids is 1. The second-order valence-electron chi connectivity index (χ2n) is 6.89. The van der Waals surface area contributed by atoms with Crippen molar-refractivity contribution < 1.29 is 24.2 Å². The van der Waals surface area contributed by atoms with Crippen LogP contribution in [0, 0.1) is 5.92 Å². The van der Waals surface area contributed by atoms with E-state index < -0.39 is 5.97 Å². The zero-order valence-electron chi connectivity index (χ0n) is 16.6. The van der Waals surface area contributed by atoms with Crippen LogP contribution in [0.1, 0.15) is 12.5 Å². The molecule has 2 aromatic carbocycles. The lowest BCUT2D eigenvalue weighted by molar-refractivity contribution is -0.137. The molecule has 7 nitrogen and oxygen atoms in total. The van der Waals surface area contributed by atoms with Crippen LogP contribution in [0.5, 0.6) is 11.5 Å². The van der Waals surface area contributed by atoms with Crippen LogP contribution in [0.4, 0.5) is 5.69 Å². The zero-order chi connectivity index (χ0) is 21.0. The Labute approximate surface area is 168 Å². The zero-order valence-corrected chi connectivity index (χ0v) is 16.6. The Bertz CT molecular complexity index is 1040. The first-order chi connectivity index (χ1) is 13.9. The van der Waals surface area contributed by atoms with Crippen molar-refractivity contribution in [2.75, 3.05) is 19.5 Å². The van der Waals surface area contributed by atoms with Crippen molar-refractivity contribution >= 4 is 28.5 Å². The van der Waals surface area contributed by atoms with E-state index in [-0.39, 0.29) is 18.4 Å². The van der Waals surface area contributed by atoms with Gasteiger partial charge in [-0.15, -0.1) is 0 Å². The summed E-state index contributed by atoms with van der Waals surface area (Å²) in [6.07, 6.45) is 2.29. The van der Waals surface area contributed by atoms with Gasteiger partial charge in [-0.25, -0.2) is 0 Å². The van der Waals surface area contributed by atoms with Crippen LogP contribution in [0.15, 0.2) is 48.7 Å². The highest BCUT2D eigenvalue weighted by molar-refractivity contribution is 5.95. The highest BCUT2D eigenvalue weighted by Gasteiger charge is 2.16. The highest BCUT2D eigenvalue weighted by Crippen LogP contribution is 2.29. The number of carbonyl (C=O) groups is 2. The average molecular weight is 396 g/mol. The van der Waals surface area contributed by atoms with E-state index in [0.717, 1.165) is 16.5 Å². The van der Waals surface area contributed by atoms with Crippen LogP contribution in [0.3, 0.4) is 0 Å². The number of hydrogen-bond donors (Lipinski definition) is 2. The molecule has 0 saturated carbocycles. The second kappa shape index (κ2) is 8.68. The Kier molecular flexibility index (Phi) is 6.07. The molecule has 0 radical (unpaired) electrons. The Hall–Kier alpha value is -3.48. The number of carboxylic acid groups (broad SMARTS) is 1. The molecule has 1 heterocycles. The van der Waals surface area contributed by atoms with E-state index in [1.807, 2.05) is 43.3 Å². The lowest BCUT2D eigenvalue weighted by atomic mass is 10.00. The van der Waals surface area contributed by atoms with Crippen LogP contribution >= 0.6 is 0 Å². The van der Waals surface area contributed by atoms with Crippen LogP contribution < -0.4 is 14.8 Å². The van der Waals surface area contributed by atoms with E-state index in [9.17, 15) is 9.59 Å². The molecular formula is C22H24N2O5. The molecule has 0 bridgehead atoms. The Morgan fingerprint density at radius 3 is 2.52 bits per heavy atom. The number of rotatable bonds is 8. The maximum atomic E-state index is 12.6.